The summed E-state index contributed by atoms with van der Waals surface area (Å²) < 4.78 is 1.79. The standard InChI is InChI=1S/C16H23N5O2/c1-2-21-13-12(20-15(21)17)8-11(9-18-13)14(22)19-10-16(23)6-4-3-5-7-16/h8-9,23H,2-7,10H2,1H3,(H2,17,20)(H,19,22). The summed E-state index contributed by atoms with van der Waals surface area (Å²) in [4.78, 5) is 20.8. The summed E-state index contributed by atoms with van der Waals surface area (Å²) in [6, 6.07) is 1.69. The van der Waals surface area contributed by atoms with Gasteiger partial charge in [0.2, 0.25) is 5.95 Å². The van der Waals surface area contributed by atoms with Crippen molar-refractivity contribution >= 4 is 23.0 Å². The normalized spacial score (nSPS) is 17.3. The van der Waals surface area contributed by atoms with Crippen LogP contribution in [0.15, 0.2) is 12.3 Å². The first-order valence-corrected chi connectivity index (χ1v) is 8.15. The summed E-state index contributed by atoms with van der Waals surface area (Å²) in [7, 11) is 0. The second-order valence-corrected chi connectivity index (χ2v) is 6.25. The molecular weight excluding hydrogens is 294 g/mol. The number of aliphatic hydroxyl groups is 1. The fraction of sp³-hybridized carbons (Fsp3) is 0.562. The minimum atomic E-state index is -0.778. The zero-order valence-electron chi connectivity index (χ0n) is 13.4. The second kappa shape index (κ2) is 6.16. The SMILES string of the molecule is CCn1c(N)nc2cc(C(=O)NCC3(O)CCCCC3)cnc21. The number of nitrogen functional groups attached to an aromatic ring is 1. The average molecular weight is 317 g/mol. The minimum Gasteiger partial charge on any atom is -0.388 e. The van der Waals surface area contributed by atoms with Crippen LogP contribution in [0, 0.1) is 0 Å². The zero-order valence-corrected chi connectivity index (χ0v) is 13.4. The summed E-state index contributed by atoms with van der Waals surface area (Å²) >= 11 is 0. The Morgan fingerprint density at radius 3 is 2.87 bits per heavy atom. The highest BCUT2D eigenvalue weighted by molar-refractivity contribution is 5.96. The van der Waals surface area contributed by atoms with Crippen LogP contribution in [-0.4, -0.2) is 37.7 Å². The topological polar surface area (TPSA) is 106 Å². The number of anilines is 1. The van der Waals surface area contributed by atoms with E-state index in [1.165, 1.54) is 6.20 Å². The quantitative estimate of drug-likeness (QED) is 0.791. The van der Waals surface area contributed by atoms with Gasteiger partial charge in [0.25, 0.3) is 5.91 Å². The van der Waals surface area contributed by atoms with Gasteiger partial charge in [-0.3, -0.25) is 9.36 Å². The van der Waals surface area contributed by atoms with Gasteiger partial charge in [-0.25, -0.2) is 9.97 Å². The predicted octanol–water partition coefficient (Wildman–Crippen LogP) is 1.46. The number of pyridine rings is 1. The van der Waals surface area contributed by atoms with Crippen LogP contribution in [0.4, 0.5) is 5.95 Å². The second-order valence-electron chi connectivity index (χ2n) is 6.25. The van der Waals surface area contributed by atoms with Gasteiger partial charge in [0, 0.05) is 19.3 Å². The summed E-state index contributed by atoms with van der Waals surface area (Å²) in [5.74, 6) is 0.145. The number of hydrogen-bond acceptors (Lipinski definition) is 5. The number of nitrogens with zero attached hydrogens (tertiary/aromatic N) is 3. The Balaban J connectivity index is 1.73. The van der Waals surface area contributed by atoms with Gasteiger partial charge < -0.3 is 16.2 Å². The third kappa shape index (κ3) is 3.14. The lowest BCUT2D eigenvalue weighted by molar-refractivity contribution is 0.00525. The number of nitrogens with two attached hydrogens (primary N) is 1. The number of fused-ring (bicyclic) bond motifs is 1. The maximum atomic E-state index is 12.3. The van der Waals surface area contributed by atoms with E-state index in [1.807, 2.05) is 6.92 Å². The van der Waals surface area contributed by atoms with Crippen molar-refractivity contribution in [3.05, 3.63) is 17.8 Å². The van der Waals surface area contributed by atoms with Gasteiger partial charge in [0.05, 0.1) is 11.2 Å². The third-order valence-corrected chi connectivity index (χ3v) is 4.56. The van der Waals surface area contributed by atoms with Crippen LogP contribution in [0.1, 0.15) is 49.4 Å². The van der Waals surface area contributed by atoms with Crippen LogP contribution in [-0.2, 0) is 6.54 Å². The van der Waals surface area contributed by atoms with E-state index in [0.29, 0.717) is 29.2 Å². The number of aromatic nitrogens is 3. The molecule has 1 aliphatic rings. The highest BCUT2D eigenvalue weighted by atomic mass is 16.3. The fourth-order valence-electron chi connectivity index (χ4n) is 3.20. The summed E-state index contributed by atoms with van der Waals surface area (Å²) in [6.07, 6.45) is 6.17. The highest BCUT2D eigenvalue weighted by Gasteiger charge is 2.29. The Morgan fingerprint density at radius 1 is 1.43 bits per heavy atom. The van der Waals surface area contributed by atoms with Gasteiger partial charge in [0.1, 0.15) is 5.52 Å². The van der Waals surface area contributed by atoms with Gasteiger partial charge in [-0.05, 0) is 25.8 Å². The number of nitrogens with one attached hydrogen (secondary N) is 1. The molecule has 7 nitrogen and oxygen atoms in total. The first-order valence-electron chi connectivity index (χ1n) is 8.15. The van der Waals surface area contributed by atoms with Gasteiger partial charge in [0.15, 0.2) is 5.65 Å². The Bertz CT molecular complexity index is 719. The fourth-order valence-corrected chi connectivity index (χ4v) is 3.20. The van der Waals surface area contributed by atoms with Crippen molar-refractivity contribution in [2.24, 2.45) is 0 Å². The van der Waals surface area contributed by atoms with E-state index >= 15 is 0 Å². The van der Waals surface area contributed by atoms with Crippen LogP contribution in [0.5, 0.6) is 0 Å². The molecule has 7 heteroatoms. The van der Waals surface area contributed by atoms with Crippen molar-refractivity contribution in [2.45, 2.75) is 51.2 Å². The molecule has 2 aromatic rings. The Morgan fingerprint density at radius 2 is 2.17 bits per heavy atom. The Hall–Kier alpha value is -2.15. The van der Waals surface area contributed by atoms with Gasteiger partial charge in [-0.1, -0.05) is 19.3 Å². The van der Waals surface area contributed by atoms with Crippen molar-refractivity contribution in [3.8, 4) is 0 Å². The third-order valence-electron chi connectivity index (χ3n) is 4.56. The molecule has 1 aliphatic carbocycles. The molecule has 124 valence electrons. The van der Waals surface area contributed by atoms with Gasteiger partial charge in [-0.2, -0.15) is 0 Å². The maximum absolute atomic E-state index is 12.3. The summed E-state index contributed by atoms with van der Waals surface area (Å²) in [5.41, 5.74) is 6.77. The number of amides is 1. The van der Waals surface area contributed by atoms with E-state index < -0.39 is 5.60 Å². The molecule has 0 bridgehead atoms. The highest BCUT2D eigenvalue weighted by Crippen LogP contribution is 2.27. The minimum absolute atomic E-state index is 0.247. The number of carbonyl (C=O) groups is 1. The molecule has 0 aromatic carbocycles. The van der Waals surface area contributed by atoms with E-state index in [-0.39, 0.29) is 12.5 Å². The molecule has 0 atom stereocenters. The molecule has 0 aliphatic heterocycles. The van der Waals surface area contributed by atoms with Crippen LogP contribution < -0.4 is 11.1 Å². The van der Waals surface area contributed by atoms with E-state index in [9.17, 15) is 9.90 Å². The molecule has 0 spiro atoms. The molecule has 1 saturated carbocycles. The molecule has 2 heterocycles. The maximum Gasteiger partial charge on any atom is 0.253 e. The number of imidazole rings is 1. The smallest absolute Gasteiger partial charge is 0.253 e. The average Bonchev–Trinajstić information content (AvgIpc) is 2.87. The zero-order chi connectivity index (χ0) is 16.4. The van der Waals surface area contributed by atoms with Crippen molar-refractivity contribution in [1.29, 1.82) is 0 Å². The predicted molar refractivity (Wildman–Crippen MR) is 88.0 cm³/mol. The van der Waals surface area contributed by atoms with E-state index in [4.69, 9.17) is 5.73 Å². The molecule has 23 heavy (non-hydrogen) atoms. The van der Waals surface area contributed by atoms with Crippen LogP contribution >= 0.6 is 0 Å². The summed E-state index contributed by atoms with van der Waals surface area (Å²) in [5, 5.41) is 13.3. The lowest BCUT2D eigenvalue weighted by Gasteiger charge is -2.32. The molecule has 0 unspecified atom stereocenters. The van der Waals surface area contributed by atoms with Gasteiger partial charge in [-0.15, -0.1) is 0 Å². The lowest BCUT2D eigenvalue weighted by Crippen LogP contribution is -2.44. The molecular formula is C16H23N5O2. The molecule has 1 fully saturated rings. The monoisotopic (exact) mass is 317 g/mol. The van der Waals surface area contributed by atoms with E-state index in [1.54, 1.807) is 10.6 Å². The van der Waals surface area contributed by atoms with Crippen molar-refractivity contribution in [1.82, 2.24) is 19.9 Å². The number of rotatable bonds is 4. The summed E-state index contributed by atoms with van der Waals surface area (Å²) in [6.45, 7) is 2.91. The van der Waals surface area contributed by atoms with Crippen LogP contribution in [0.2, 0.25) is 0 Å². The Kier molecular flexibility index (Phi) is 4.21. The first-order chi connectivity index (χ1) is 11.0. The van der Waals surface area contributed by atoms with Crippen molar-refractivity contribution in [3.63, 3.8) is 0 Å². The number of hydrogen-bond donors (Lipinski definition) is 3. The largest absolute Gasteiger partial charge is 0.388 e. The molecule has 4 N–H and O–H groups in total. The van der Waals surface area contributed by atoms with E-state index in [0.717, 1.165) is 32.1 Å². The van der Waals surface area contributed by atoms with Crippen molar-refractivity contribution < 1.29 is 9.90 Å². The molecule has 0 radical (unpaired) electrons. The first kappa shape index (κ1) is 15.7. The number of carbonyl (C=O) groups excluding carboxylic acids is 1. The van der Waals surface area contributed by atoms with Crippen LogP contribution in [0.25, 0.3) is 11.2 Å². The number of aryl methyl sites for hydroxylation is 1. The van der Waals surface area contributed by atoms with Gasteiger partial charge >= 0.3 is 0 Å². The molecule has 0 saturated heterocycles. The van der Waals surface area contributed by atoms with Crippen LogP contribution in [0.3, 0.4) is 0 Å². The molecule has 3 rings (SSSR count). The molecule has 1 amide bonds. The van der Waals surface area contributed by atoms with Crippen molar-refractivity contribution in [2.75, 3.05) is 12.3 Å². The lowest BCUT2D eigenvalue weighted by atomic mass is 9.85. The Labute approximate surface area is 134 Å². The molecule has 2 aromatic heterocycles. The van der Waals surface area contributed by atoms with E-state index in [2.05, 4.69) is 15.3 Å².